The van der Waals surface area contributed by atoms with E-state index in [9.17, 15) is 0 Å². The summed E-state index contributed by atoms with van der Waals surface area (Å²) in [5, 5.41) is 16.5. The molecular weight excluding hydrogens is 164 g/mol. The molecule has 0 aromatic carbocycles. The summed E-state index contributed by atoms with van der Waals surface area (Å²) in [5.74, 6) is 0. The lowest BCUT2D eigenvalue weighted by atomic mass is 10.7. The fourth-order valence-electron chi connectivity index (χ4n) is 0.451. The largest absolute Gasteiger partial charge is 0.394 e. The first-order valence-corrected chi connectivity index (χ1v) is 3.58. The van der Waals surface area contributed by atoms with Crippen molar-refractivity contribution < 1.29 is 24.5 Å². The van der Waals surface area contributed by atoms with Gasteiger partial charge >= 0.3 is 0 Å². The lowest BCUT2D eigenvalue weighted by Gasteiger charge is -2.01. The van der Waals surface area contributed by atoms with E-state index in [1.807, 2.05) is 6.79 Å². The van der Waals surface area contributed by atoms with E-state index in [1.54, 1.807) is 0 Å². The van der Waals surface area contributed by atoms with Crippen LogP contribution in [0.25, 0.3) is 0 Å². The van der Waals surface area contributed by atoms with Gasteiger partial charge in [0.15, 0.2) is 0 Å². The van der Waals surface area contributed by atoms with Crippen LogP contribution in [0, 0.1) is 0 Å². The Bertz CT molecular complexity index is 60.8. The van der Waals surface area contributed by atoms with Crippen LogP contribution in [0.5, 0.6) is 0 Å². The molecule has 5 nitrogen and oxygen atoms in total. The van der Waals surface area contributed by atoms with Gasteiger partial charge in [-0.2, -0.15) is 0 Å². The molecule has 74 valence electrons. The van der Waals surface area contributed by atoms with E-state index >= 15 is 0 Å². The lowest BCUT2D eigenvalue weighted by Crippen LogP contribution is -2.09. The molecule has 0 atom stereocenters. The van der Waals surface area contributed by atoms with Crippen LogP contribution >= 0.6 is 0 Å². The smallest absolute Gasteiger partial charge is 0.106 e. The van der Waals surface area contributed by atoms with Gasteiger partial charge in [0.05, 0.1) is 39.6 Å². The molecule has 0 spiro atoms. The zero-order chi connectivity index (χ0) is 9.66. The monoisotopic (exact) mass is 180 g/mol. The summed E-state index contributed by atoms with van der Waals surface area (Å²) in [6, 6.07) is 0. The van der Waals surface area contributed by atoms with Crippen molar-refractivity contribution in [3.8, 4) is 0 Å². The Morgan fingerprint density at radius 1 is 0.833 bits per heavy atom. The predicted octanol–water partition coefficient (Wildman–Crippen LogP) is -1.18. The van der Waals surface area contributed by atoms with Crippen molar-refractivity contribution in [2.75, 3.05) is 39.6 Å². The summed E-state index contributed by atoms with van der Waals surface area (Å²) in [6.45, 7) is 3.73. The van der Waals surface area contributed by atoms with Crippen molar-refractivity contribution in [3.63, 3.8) is 0 Å². The second kappa shape index (κ2) is 16.9. The fourth-order valence-corrected chi connectivity index (χ4v) is 0.451. The zero-order valence-corrected chi connectivity index (χ0v) is 7.07. The lowest BCUT2D eigenvalue weighted by molar-refractivity contribution is -0.0979. The maximum absolute atomic E-state index is 8.26. The quantitative estimate of drug-likeness (QED) is 0.482. The first-order chi connectivity index (χ1) is 5.91. The predicted molar refractivity (Wildman–Crippen MR) is 42.9 cm³/mol. The van der Waals surface area contributed by atoms with E-state index in [0.717, 1.165) is 0 Å². The molecule has 0 saturated heterocycles. The number of carbonyl (C=O) groups is 1. The molecule has 0 aliphatic rings. The third kappa shape index (κ3) is 16.3. The molecule has 0 aliphatic carbocycles. The molecule has 0 fully saturated rings. The summed E-state index contributed by atoms with van der Waals surface area (Å²) in [6.07, 6.45) is 0. The summed E-state index contributed by atoms with van der Waals surface area (Å²) < 4.78 is 9.75. The molecule has 0 unspecified atom stereocenters. The molecule has 0 radical (unpaired) electrons. The summed E-state index contributed by atoms with van der Waals surface area (Å²) in [7, 11) is 0. The highest BCUT2D eigenvalue weighted by Gasteiger charge is 1.86. The molecule has 5 heteroatoms. The number of hydrogen-bond donors (Lipinski definition) is 2. The van der Waals surface area contributed by atoms with E-state index in [-0.39, 0.29) is 13.2 Å². The number of rotatable bonds is 7. The average Bonchev–Trinajstić information content (AvgIpc) is 2.15. The fraction of sp³-hybridized carbons (Fsp3) is 0.857. The van der Waals surface area contributed by atoms with Gasteiger partial charge in [-0.15, -0.1) is 0 Å². The molecule has 0 amide bonds. The highest BCUT2D eigenvalue weighted by molar-refractivity contribution is 5.10. The Labute approximate surface area is 71.9 Å². The topological polar surface area (TPSA) is 76.0 Å². The van der Waals surface area contributed by atoms with Crippen LogP contribution in [0.4, 0.5) is 0 Å². The van der Waals surface area contributed by atoms with Gasteiger partial charge in [-0.1, -0.05) is 0 Å². The molecule has 0 aromatic heterocycles. The Kier molecular flexibility index (Phi) is 19.7. The minimum absolute atomic E-state index is 0.0417. The second-order valence-corrected chi connectivity index (χ2v) is 1.67. The Morgan fingerprint density at radius 3 is 1.42 bits per heavy atom. The van der Waals surface area contributed by atoms with Gasteiger partial charge in [0.2, 0.25) is 0 Å². The molecule has 0 aromatic rings. The molecule has 0 saturated carbocycles. The first kappa shape index (κ1) is 14.1. The van der Waals surface area contributed by atoms with E-state index in [4.69, 9.17) is 24.5 Å². The Balaban J connectivity index is 0. The van der Waals surface area contributed by atoms with Crippen molar-refractivity contribution in [1.29, 1.82) is 0 Å². The van der Waals surface area contributed by atoms with Crippen LogP contribution < -0.4 is 0 Å². The first-order valence-electron chi connectivity index (χ1n) is 3.58. The second-order valence-electron chi connectivity index (χ2n) is 1.67. The maximum atomic E-state index is 8.26. The van der Waals surface area contributed by atoms with Crippen molar-refractivity contribution in [3.05, 3.63) is 0 Å². The van der Waals surface area contributed by atoms with Gasteiger partial charge in [-0.3, -0.25) is 0 Å². The number of hydrogen-bond acceptors (Lipinski definition) is 5. The van der Waals surface area contributed by atoms with Crippen molar-refractivity contribution in [2.24, 2.45) is 0 Å². The van der Waals surface area contributed by atoms with Crippen molar-refractivity contribution in [1.82, 2.24) is 0 Å². The molecule has 0 aliphatic heterocycles. The third-order valence-electron chi connectivity index (χ3n) is 0.843. The van der Waals surface area contributed by atoms with Crippen molar-refractivity contribution >= 4 is 6.79 Å². The number of carbonyl (C=O) groups excluding carboxylic acids is 1. The van der Waals surface area contributed by atoms with Crippen LogP contribution in [0.2, 0.25) is 0 Å². The number of aliphatic hydroxyl groups is 2. The average molecular weight is 180 g/mol. The van der Waals surface area contributed by atoms with Crippen LogP contribution in [0.15, 0.2) is 0 Å². The van der Waals surface area contributed by atoms with E-state index in [1.165, 1.54) is 0 Å². The van der Waals surface area contributed by atoms with Crippen LogP contribution in [-0.2, 0) is 14.3 Å². The minimum atomic E-state index is 0.0417. The van der Waals surface area contributed by atoms with Crippen molar-refractivity contribution in [2.45, 2.75) is 0 Å². The highest BCUT2D eigenvalue weighted by atomic mass is 16.5. The summed E-state index contributed by atoms with van der Waals surface area (Å²) >= 11 is 0. The van der Waals surface area contributed by atoms with Gasteiger partial charge in [-0.25, -0.2) is 0 Å². The summed E-state index contributed by atoms with van der Waals surface area (Å²) in [4.78, 5) is 8.00. The standard InChI is InChI=1S/C6H14O4.CH2O/c7-1-3-9-5-6-10-4-2-8;1-2/h7-8H,1-6H2;1H2. The van der Waals surface area contributed by atoms with Gasteiger partial charge < -0.3 is 24.5 Å². The maximum Gasteiger partial charge on any atom is 0.106 e. The minimum Gasteiger partial charge on any atom is -0.394 e. The number of ether oxygens (including phenoxy) is 2. The zero-order valence-electron chi connectivity index (χ0n) is 7.07. The SMILES string of the molecule is C=O.OCCOCCOCCO. The van der Waals surface area contributed by atoms with Gasteiger partial charge in [0.25, 0.3) is 0 Å². The Morgan fingerprint density at radius 2 is 1.17 bits per heavy atom. The van der Waals surface area contributed by atoms with E-state index in [2.05, 4.69) is 0 Å². The molecule has 12 heavy (non-hydrogen) atoms. The summed E-state index contributed by atoms with van der Waals surface area (Å²) in [5.41, 5.74) is 0. The van der Waals surface area contributed by atoms with Gasteiger partial charge in [0.1, 0.15) is 6.79 Å². The molecule has 0 bridgehead atoms. The van der Waals surface area contributed by atoms with Gasteiger partial charge in [0, 0.05) is 0 Å². The van der Waals surface area contributed by atoms with E-state index in [0.29, 0.717) is 26.4 Å². The van der Waals surface area contributed by atoms with Crippen LogP contribution in [0.3, 0.4) is 0 Å². The molecule has 0 heterocycles. The third-order valence-corrected chi connectivity index (χ3v) is 0.843. The normalized spacial score (nSPS) is 8.83. The van der Waals surface area contributed by atoms with Crippen LogP contribution in [-0.4, -0.2) is 56.6 Å². The molecular formula is C7H16O5. The highest BCUT2D eigenvalue weighted by Crippen LogP contribution is 1.76. The van der Waals surface area contributed by atoms with Crippen LogP contribution in [0.1, 0.15) is 0 Å². The van der Waals surface area contributed by atoms with E-state index < -0.39 is 0 Å². The number of aliphatic hydroxyl groups excluding tert-OH is 2. The molecule has 0 rings (SSSR count). The Hall–Kier alpha value is -0.490. The van der Waals surface area contributed by atoms with Gasteiger partial charge in [-0.05, 0) is 0 Å². The molecule has 2 N–H and O–H groups in total.